The summed E-state index contributed by atoms with van der Waals surface area (Å²) >= 11 is 0. The second-order valence-corrected chi connectivity index (χ2v) is 7.42. The molecule has 28 heavy (non-hydrogen) atoms. The lowest BCUT2D eigenvalue weighted by atomic mass is 9.78. The summed E-state index contributed by atoms with van der Waals surface area (Å²) in [6, 6.07) is 15.6. The normalized spacial score (nSPS) is 18.4. The zero-order chi connectivity index (χ0) is 19.7. The van der Waals surface area contributed by atoms with E-state index in [0.29, 0.717) is 0 Å². The van der Waals surface area contributed by atoms with Gasteiger partial charge in [-0.3, -0.25) is 9.59 Å². The molecule has 0 spiro atoms. The Balaban J connectivity index is 2.04. The Kier molecular flexibility index (Phi) is 4.95. The molecule has 2 aliphatic carbocycles. The van der Waals surface area contributed by atoms with E-state index in [1.807, 2.05) is 48.5 Å². The highest BCUT2D eigenvalue weighted by atomic mass is 16.1. The zero-order valence-electron chi connectivity index (χ0n) is 16.4. The van der Waals surface area contributed by atoms with Crippen molar-refractivity contribution in [1.82, 2.24) is 0 Å². The van der Waals surface area contributed by atoms with Gasteiger partial charge < -0.3 is 0 Å². The van der Waals surface area contributed by atoms with Crippen LogP contribution in [-0.2, 0) is 0 Å². The van der Waals surface area contributed by atoms with Gasteiger partial charge in [0.2, 0.25) is 0 Å². The molecule has 0 unspecified atom stereocenters. The first kappa shape index (κ1) is 18.4. The van der Waals surface area contributed by atoms with E-state index in [4.69, 9.17) is 0 Å². The van der Waals surface area contributed by atoms with E-state index in [9.17, 15) is 9.59 Å². The molecule has 0 radical (unpaired) electrons. The Morgan fingerprint density at radius 2 is 0.929 bits per heavy atom. The van der Waals surface area contributed by atoms with Crippen molar-refractivity contribution in [2.24, 2.45) is 0 Å². The van der Waals surface area contributed by atoms with Gasteiger partial charge in [0.15, 0.2) is 11.6 Å². The third-order valence-corrected chi connectivity index (χ3v) is 5.47. The van der Waals surface area contributed by atoms with E-state index >= 15 is 0 Å². The standard InChI is InChI=1S/C26H24O2/c1-3-9-17-15-23(19-11-5-7-13-21(19)25(17)27)24-16-18(10-4-2)26(28)22-14-8-6-12-20(22)24/h5-8,11-16H,3-4,9-10H2,1-2H3/b24-23+. The fourth-order valence-corrected chi connectivity index (χ4v) is 4.17. The molecule has 0 fully saturated rings. The topological polar surface area (TPSA) is 34.1 Å². The Hall–Kier alpha value is -3.00. The van der Waals surface area contributed by atoms with Crippen LogP contribution < -0.4 is 0 Å². The van der Waals surface area contributed by atoms with Crippen molar-refractivity contribution >= 4 is 22.7 Å². The number of carbonyl (C=O) groups excluding carboxylic acids is 2. The van der Waals surface area contributed by atoms with Gasteiger partial charge >= 0.3 is 0 Å². The molecule has 2 aliphatic rings. The Bertz CT molecular complexity index is 978. The SMILES string of the molecule is CCCC1=C/C(=C2/C=C(CCC)C(=O)c3ccccc32)c2ccccc2C1=O. The number of benzene rings is 2. The molecule has 0 bridgehead atoms. The van der Waals surface area contributed by atoms with E-state index in [1.54, 1.807) is 0 Å². The quantitative estimate of drug-likeness (QED) is 0.622. The molecule has 0 N–H and O–H groups in total. The van der Waals surface area contributed by atoms with Crippen LogP contribution in [0.15, 0.2) is 71.8 Å². The zero-order valence-corrected chi connectivity index (χ0v) is 16.4. The van der Waals surface area contributed by atoms with Crippen LogP contribution in [0.3, 0.4) is 0 Å². The Labute approximate surface area is 166 Å². The first-order chi connectivity index (χ1) is 13.7. The largest absolute Gasteiger partial charge is 0.289 e. The number of carbonyl (C=O) groups is 2. The van der Waals surface area contributed by atoms with Gasteiger partial charge in [0.25, 0.3) is 0 Å². The maximum atomic E-state index is 12.9. The van der Waals surface area contributed by atoms with Crippen LogP contribution in [0.25, 0.3) is 11.1 Å². The predicted octanol–water partition coefficient (Wildman–Crippen LogP) is 6.44. The molecule has 0 aromatic heterocycles. The van der Waals surface area contributed by atoms with Gasteiger partial charge in [0, 0.05) is 22.3 Å². The second kappa shape index (κ2) is 7.55. The van der Waals surface area contributed by atoms with Crippen molar-refractivity contribution in [1.29, 1.82) is 0 Å². The summed E-state index contributed by atoms with van der Waals surface area (Å²) in [6.45, 7) is 4.19. The van der Waals surface area contributed by atoms with Crippen LogP contribution in [0.1, 0.15) is 71.4 Å². The van der Waals surface area contributed by atoms with Crippen molar-refractivity contribution < 1.29 is 9.59 Å². The van der Waals surface area contributed by atoms with E-state index in [2.05, 4.69) is 26.0 Å². The molecule has 0 saturated carbocycles. The van der Waals surface area contributed by atoms with E-state index in [0.717, 1.165) is 70.2 Å². The number of allylic oxidation sites excluding steroid dienone is 6. The fraction of sp³-hybridized carbons (Fsp3) is 0.231. The molecule has 2 nitrogen and oxygen atoms in total. The maximum absolute atomic E-state index is 12.9. The lowest BCUT2D eigenvalue weighted by Gasteiger charge is -2.24. The minimum absolute atomic E-state index is 0.125. The predicted molar refractivity (Wildman–Crippen MR) is 114 cm³/mol. The molecular weight excluding hydrogens is 344 g/mol. The van der Waals surface area contributed by atoms with Crippen LogP contribution in [0.4, 0.5) is 0 Å². The van der Waals surface area contributed by atoms with Crippen molar-refractivity contribution in [3.05, 3.63) is 94.1 Å². The van der Waals surface area contributed by atoms with Gasteiger partial charge in [-0.1, -0.05) is 75.2 Å². The van der Waals surface area contributed by atoms with Crippen molar-refractivity contribution in [3.8, 4) is 0 Å². The lowest BCUT2D eigenvalue weighted by Crippen LogP contribution is -2.15. The average Bonchev–Trinajstić information content (AvgIpc) is 2.73. The monoisotopic (exact) mass is 368 g/mol. The van der Waals surface area contributed by atoms with Crippen molar-refractivity contribution in [2.45, 2.75) is 39.5 Å². The minimum Gasteiger partial charge on any atom is -0.289 e. The maximum Gasteiger partial charge on any atom is 0.189 e. The summed E-state index contributed by atoms with van der Waals surface area (Å²) in [7, 11) is 0. The molecule has 2 aromatic carbocycles. The molecule has 0 aliphatic heterocycles. The molecule has 2 heteroatoms. The summed E-state index contributed by atoms with van der Waals surface area (Å²) < 4.78 is 0. The van der Waals surface area contributed by atoms with Gasteiger partial charge in [-0.05, 0) is 47.3 Å². The van der Waals surface area contributed by atoms with E-state index in [1.165, 1.54) is 0 Å². The third-order valence-electron chi connectivity index (χ3n) is 5.47. The summed E-state index contributed by atoms with van der Waals surface area (Å²) in [5.41, 5.74) is 7.23. The third kappa shape index (κ3) is 2.99. The smallest absolute Gasteiger partial charge is 0.189 e. The number of hydrogen-bond acceptors (Lipinski definition) is 2. The number of Topliss-reactive ketones (excluding diaryl/α,β-unsaturated/α-hetero) is 2. The van der Waals surface area contributed by atoms with Gasteiger partial charge in [-0.2, -0.15) is 0 Å². The first-order valence-corrected chi connectivity index (χ1v) is 10.1. The molecule has 0 heterocycles. The number of ketones is 2. The van der Waals surface area contributed by atoms with Gasteiger partial charge in [0.05, 0.1) is 0 Å². The number of fused-ring (bicyclic) bond motifs is 2. The number of rotatable bonds is 4. The fourth-order valence-electron chi connectivity index (χ4n) is 4.17. The minimum atomic E-state index is 0.125. The summed E-state index contributed by atoms with van der Waals surface area (Å²) in [6.07, 6.45) is 7.47. The lowest BCUT2D eigenvalue weighted by molar-refractivity contribution is 0.102. The molecule has 0 saturated heterocycles. The van der Waals surface area contributed by atoms with Crippen LogP contribution in [-0.4, -0.2) is 11.6 Å². The van der Waals surface area contributed by atoms with Gasteiger partial charge in [0.1, 0.15) is 0 Å². The first-order valence-electron chi connectivity index (χ1n) is 10.1. The van der Waals surface area contributed by atoms with Gasteiger partial charge in [-0.15, -0.1) is 0 Å². The van der Waals surface area contributed by atoms with Gasteiger partial charge in [-0.25, -0.2) is 0 Å². The van der Waals surface area contributed by atoms with Crippen LogP contribution >= 0.6 is 0 Å². The van der Waals surface area contributed by atoms with Crippen LogP contribution in [0.2, 0.25) is 0 Å². The highest BCUT2D eigenvalue weighted by Gasteiger charge is 2.28. The molecule has 2 aromatic rings. The van der Waals surface area contributed by atoms with E-state index < -0.39 is 0 Å². The molecule has 4 rings (SSSR count). The van der Waals surface area contributed by atoms with Crippen LogP contribution in [0.5, 0.6) is 0 Å². The molecule has 0 amide bonds. The second-order valence-electron chi connectivity index (χ2n) is 7.42. The molecule has 0 atom stereocenters. The highest BCUT2D eigenvalue weighted by Crippen LogP contribution is 2.41. The molecule has 140 valence electrons. The summed E-state index contributed by atoms with van der Waals surface area (Å²) in [5, 5.41) is 0. The van der Waals surface area contributed by atoms with E-state index in [-0.39, 0.29) is 11.6 Å². The van der Waals surface area contributed by atoms with Crippen molar-refractivity contribution in [3.63, 3.8) is 0 Å². The summed E-state index contributed by atoms with van der Waals surface area (Å²) in [5.74, 6) is 0.250. The average molecular weight is 368 g/mol. The highest BCUT2D eigenvalue weighted by molar-refractivity contribution is 6.23. The molecular formula is C26H24O2. The van der Waals surface area contributed by atoms with Crippen molar-refractivity contribution in [2.75, 3.05) is 0 Å². The Morgan fingerprint density at radius 1 is 0.571 bits per heavy atom. The van der Waals surface area contributed by atoms with Crippen LogP contribution in [0, 0.1) is 0 Å². The Morgan fingerprint density at radius 3 is 1.29 bits per heavy atom. The summed E-state index contributed by atoms with van der Waals surface area (Å²) in [4.78, 5) is 25.9. The number of hydrogen-bond donors (Lipinski definition) is 0.